The van der Waals surface area contributed by atoms with Crippen LogP contribution in [0.1, 0.15) is 6.92 Å². The molecule has 0 bridgehead atoms. The minimum absolute atomic E-state index is 0.360. The van der Waals surface area contributed by atoms with Gasteiger partial charge in [-0.25, -0.2) is 21.9 Å². The Balaban J connectivity index is 3.03. The number of halogens is 2. The lowest BCUT2D eigenvalue weighted by molar-refractivity contribution is 0.316. The molecule has 0 aromatic heterocycles. The Kier molecular flexibility index (Phi) is 4.19. The molecule has 0 heterocycles. The molecule has 0 aliphatic heterocycles. The van der Waals surface area contributed by atoms with E-state index in [1.165, 1.54) is 6.92 Å². The van der Waals surface area contributed by atoms with Crippen molar-refractivity contribution in [1.29, 1.82) is 0 Å². The van der Waals surface area contributed by atoms with Gasteiger partial charge >= 0.3 is 0 Å². The smallest absolute Gasteiger partial charge is 0.241 e. The Labute approximate surface area is 102 Å². The summed E-state index contributed by atoms with van der Waals surface area (Å²) >= 11 is 0. The minimum Gasteiger partial charge on any atom is -0.409 e. The molecule has 1 rings (SSSR count). The maximum atomic E-state index is 12.9. The van der Waals surface area contributed by atoms with E-state index in [1.807, 2.05) is 4.72 Å². The molecule has 0 spiro atoms. The average Bonchev–Trinajstić information content (AvgIpc) is 2.30. The highest BCUT2D eigenvalue weighted by Gasteiger charge is 2.21. The predicted octanol–water partition coefficient (Wildman–Crippen LogP) is 0.378. The van der Waals surface area contributed by atoms with Crippen LogP contribution in [0.5, 0.6) is 0 Å². The second kappa shape index (κ2) is 5.27. The van der Waals surface area contributed by atoms with Crippen LogP contribution in [0, 0.1) is 11.6 Å². The van der Waals surface area contributed by atoms with Crippen molar-refractivity contribution in [2.24, 2.45) is 10.9 Å². The number of amidine groups is 1. The van der Waals surface area contributed by atoms with Crippen LogP contribution in [-0.4, -0.2) is 25.5 Å². The third kappa shape index (κ3) is 3.14. The molecule has 18 heavy (non-hydrogen) atoms. The van der Waals surface area contributed by atoms with Crippen LogP contribution in [-0.2, 0) is 10.0 Å². The molecular weight excluding hydrogens is 268 g/mol. The Morgan fingerprint density at radius 1 is 1.44 bits per heavy atom. The first-order valence-electron chi connectivity index (χ1n) is 4.72. The number of hydrogen-bond acceptors (Lipinski definition) is 4. The summed E-state index contributed by atoms with van der Waals surface area (Å²) in [5.74, 6) is -2.80. The van der Waals surface area contributed by atoms with E-state index in [9.17, 15) is 17.2 Å². The van der Waals surface area contributed by atoms with Gasteiger partial charge in [-0.1, -0.05) is 5.16 Å². The van der Waals surface area contributed by atoms with Gasteiger partial charge in [-0.3, -0.25) is 0 Å². The number of nitrogens with one attached hydrogen (secondary N) is 1. The molecule has 9 heteroatoms. The van der Waals surface area contributed by atoms with Gasteiger partial charge in [0, 0.05) is 0 Å². The average molecular weight is 279 g/mol. The lowest BCUT2D eigenvalue weighted by Gasteiger charge is -2.12. The van der Waals surface area contributed by atoms with Crippen LogP contribution >= 0.6 is 0 Å². The van der Waals surface area contributed by atoms with Gasteiger partial charge in [-0.05, 0) is 25.1 Å². The number of nitrogens with two attached hydrogens (primary N) is 1. The standard InChI is InChI=1S/C9H11F2N3O3S/c1-5(9(12)13-15)14-18(16,17)6-2-3-7(10)8(11)4-6/h2-5,14-15H,1H3,(H2,12,13). The monoisotopic (exact) mass is 279 g/mol. The molecule has 4 N–H and O–H groups in total. The van der Waals surface area contributed by atoms with Gasteiger partial charge in [-0.2, -0.15) is 0 Å². The molecule has 0 aliphatic carbocycles. The van der Waals surface area contributed by atoms with Crippen molar-refractivity contribution in [3.05, 3.63) is 29.8 Å². The number of oxime groups is 1. The zero-order chi connectivity index (χ0) is 13.9. The summed E-state index contributed by atoms with van der Waals surface area (Å²) in [6, 6.07) is 1.14. The predicted molar refractivity (Wildman–Crippen MR) is 59.6 cm³/mol. The van der Waals surface area contributed by atoms with E-state index in [-0.39, 0.29) is 5.84 Å². The maximum absolute atomic E-state index is 12.9. The van der Waals surface area contributed by atoms with Gasteiger partial charge < -0.3 is 10.9 Å². The fourth-order valence-corrected chi connectivity index (χ4v) is 2.32. The third-order valence-electron chi connectivity index (χ3n) is 2.09. The summed E-state index contributed by atoms with van der Waals surface area (Å²) in [5.41, 5.74) is 5.19. The molecule has 1 unspecified atom stereocenters. The number of sulfonamides is 1. The molecule has 0 saturated carbocycles. The van der Waals surface area contributed by atoms with E-state index < -0.39 is 32.6 Å². The quantitative estimate of drug-likeness (QED) is 0.320. The van der Waals surface area contributed by atoms with Gasteiger partial charge in [0.15, 0.2) is 17.5 Å². The Morgan fingerprint density at radius 3 is 2.56 bits per heavy atom. The lowest BCUT2D eigenvalue weighted by Crippen LogP contribution is -2.42. The number of hydrogen-bond donors (Lipinski definition) is 3. The Bertz CT molecular complexity index is 574. The first-order chi connectivity index (χ1) is 8.27. The molecule has 0 saturated heterocycles. The van der Waals surface area contributed by atoms with E-state index in [2.05, 4.69) is 5.16 Å². The zero-order valence-electron chi connectivity index (χ0n) is 9.26. The summed E-state index contributed by atoms with van der Waals surface area (Å²) < 4.78 is 51.1. The highest BCUT2D eigenvalue weighted by molar-refractivity contribution is 7.89. The van der Waals surface area contributed by atoms with Gasteiger partial charge in [0.25, 0.3) is 0 Å². The van der Waals surface area contributed by atoms with Crippen LogP contribution in [0.3, 0.4) is 0 Å². The van der Waals surface area contributed by atoms with E-state index in [1.54, 1.807) is 0 Å². The van der Waals surface area contributed by atoms with Crippen molar-refractivity contribution >= 4 is 15.9 Å². The summed E-state index contributed by atoms with van der Waals surface area (Å²) in [6.07, 6.45) is 0. The summed E-state index contributed by atoms with van der Waals surface area (Å²) in [6.45, 7) is 1.33. The molecule has 100 valence electrons. The third-order valence-corrected chi connectivity index (χ3v) is 3.63. The summed E-state index contributed by atoms with van der Waals surface area (Å²) in [4.78, 5) is -0.459. The van der Waals surface area contributed by atoms with Crippen molar-refractivity contribution < 1.29 is 22.4 Å². The van der Waals surface area contributed by atoms with Crippen molar-refractivity contribution in [2.75, 3.05) is 0 Å². The van der Waals surface area contributed by atoms with Gasteiger partial charge in [0.1, 0.15) is 0 Å². The van der Waals surface area contributed by atoms with Crippen molar-refractivity contribution in [1.82, 2.24) is 4.72 Å². The highest BCUT2D eigenvalue weighted by Crippen LogP contribution is 2.13. The topological polar surface area (TPSA) is 105 Å². The fourth-order valence-electron chi connectivity index (χ4n) is 1.09. The largest absolute Gasteiger partial charge is 0.409 e. The summed E-state index contributed by atoms with van der Waals surface area (Å²) in [7, 11) is -4.08. The van der Waals surface area contributed by atoms with Gasteiger partial charge in [-0.15, -0.1) is 0 Å². The lowest BCUT2D eigenvalue weighted by atomic mass is 10.3. The Morgan fingerprint density at radius 2 is 2.06 bits per heavy atom. The van der Waals surface area contributed by atoms with E-state index in [0.29, 0.717) is 12.1 Å². The van der Waals surface area contributed by atoms with Crippen molar-refractivity contribution in [3.8, 4) is 0 Å². The number of benzene rings is 1. The molecule has 0 aliphatic rings. The summed E-state index contributed by atoms with van der Waals surface area (Å²) in [5, 5.41) is 11.0. The SMILES string of the molecule is CC(NS(=O)(=O)c1ccc(F)c(F)c1)/C(N)=N/O. The molecule has 0 radical (unpaired) electrons. The fraction of sp³-hybridized carbons (Fsp3) is 0.222. The van der Waals surface area contributed by atoms with Crippen LogP contribution in [0.4, 0.5) is 8.78 Å². The van der Waals surface area contributed by atoms with Crippen LogP contribution in [0.15, 0.2) is 28.3 Å². The maximum Gasteiger partial charge on any atom is 0.241 e. The van der Waals surface area contributed by atoms with Crippen LogP contribution in [0.25, 0.3) is 0 Å². The minimum atomic E-state index is -4.08. The molecule has 0 fully saturated rings. The first-order valence-corrected chi connectivity index (χ1v) is 6.21. The molecule has 6 nitrogen and oxygen atoms in total. The van der Waals surface area contributed by atoms with E-state index in [4.69, 9.17) is 10.9 Å². The molecule has 1 aromatic carbocycles. The van der Waals surface area contributed by atoms with Crippen LogP contribution in [0.2, 0.25) is 0 Å². The first kappa shape index (κ1) is 14.3. The molecule has 1 aromatic rings. The highest BCUT2D eigenvalue weighted by atomic mass is 32.2. The number of nitrogens with zero attached hydrogens (tertiary/aromatic N) is 1. The molecule has 0 amide bonds. The number of rotatable bonds is 4. The van der Waals surface area contributed by atoms with Crippen molar-refractivity contribution in [2.45, 2.75) is 17.9 Å². The van der Waals surface area contributed by atoms with Gasteiger partial charge in [0.05, 0.1) is 10.9 Å². The normalized spacial score (nSPS) is 14.5. The van der Waals surface area contributed by atoms with Gasteiger partial charge in [0.2, 0.25) is 10.0 Å². The second-order valence-electron chi connectivity index (χ2n) is 3.44. The molecular formula is C9H11F2N3O3S. The Hall–Kier alpha value is -1.74. The van der Waals surface area contributed by atoms with Crippen molar-refractivity contribution in [3.63, 3.8) is 0 Å². The second-order valence-corrected chi connectivity index (χ2v) is 5.16. The molecule has 1 atom stereocenters. The van der Waals surface area contributed by atoms with E-state index in [0.717, 1.165) is 6.07 Å². The zero-order valence-corrected chi connectivity index (χ0v) is 10.1. The van der Waals surface area contributed by atoms with Crippen LogP contribution < -0.4 is 10.5 Å². The van der Waals surface area contributed by atoms with E-state index >= 15 is 0 Å².